The highest BCUT2D eigenvalue weighted by Gasteiger charge is 2.66. The summed E-state index contributed by atoms with van der Waals surface area (Å²) in [6, 6.07) is 3.02. The number of benzene rings is 1. The smallest absolute Gasteiger partial charge is 0.330 e. The van der Waals surface area contributed by atoms with Gasteiger partial charge in [0.1, 0.15) is 22.8 Å². The van der Waals surface area contributed by atoms with Crippen LogP contribution in [0.15, 0.2) is 35.1 Å². The van der Waals surface area contributed by atoms with Gasteiger partial charge >= 0.3 is 10.3 Å². The summed E-state index contributed by atoms with van der Waals surface area (Å²) in [6.45, 7) is 1.40. The Morgan fingerprint density at radius 3 is 2.16 bits per heavy atom. The lowest BCUT2D eigenvalue weighted by Crippen LogP contribution is -2.67. The molecular formula is C22H27N3O11S. The molecule has 37 heavy (non-hydrogen) atoms. The summed E-state index contributed by atoms with van der Waals surface area (Å²) in [6.07, 6.45) is -0.200. The van der Waals surface area contributed by atoms with Gasteiger partial charge in [-0.2, -0.15) is 8.42 Å². The first-order valence-electron chi connectivity index (χ1n) is 10.7. The van der Waals surface area contributed by atoms with E-state index >= 15 is 0 Å². The lowest BCUT2D eigenvalue weighted by atomic mass is 9.54. The minimum atomic E-state index is -4.17. The molecule has 5 atom stereocenters. The van der Waals surface area contributed by atoms with Crippen molar-refractivity contribution >= 4 is 33.5 Å². The number of primary amides is 1. The van der Waals surface area contributed by atoms with Crippen molar-refractivity contribution in [2.45, 2.75) is 30.6 Å². The molecule has 1 aromatic rings. The summed E-state index contributed by atoms with van der Waals surface area (Å²) in [7, 11) is -1.16. The minimum Gasteiger partial charge on any atom is -0.508 e. The molecule has 3 aliphatic rings. The number of carbonyl (C=O) groups excluding carboxylic acids is 3. The van der Waals surface area contributed by atoms with E-state index in [4.69, 9.17) is 18.7 Å². The third-order valence-corrected chi connectivity index (χ3v) is 7.02. The lowest BCUT2D eigenvalue weighted by Gasteiger charge is -2.53. The predicted molar refractivity (Wildman–Crippen MR) is 126 cm³/mol. The van der Waals surface area contributed by atoms with Crippen molar-refractivity contribution in [3.63, 3.8) is 0 Å². The van der Waals surface area contributed by atoms with E-state index in [1.165, 1.54) is 44.1 Å². The standard InChI is InChI=1S/C22H24N2O8.H3NO3S/c1-21(31)8-5-4-6-11(25)12(8)16(26)13-9(21)7-10-15(24(2)3)17(27)14(20(23)30)19(29)22(10,32)18(13)28;1-5(2,3)4/h4-6,9-10,15,25-26,29,31-32H,7H2,1-3H3,(H2,23,30);(H3,1,2,3,4)/t9-,10-,15-,21+,22-;/m0./s1. The van der Waals surface area contributed by atoms with Gasteiger partial charge in [0.2, 0.25) is 5.78 Å². The maximum absolute atomic E-state index is 13.7. The van der Waals surface area contributed by atoms with Crippen molar-refractivity contribution in [2.24, 2.45) is 22.7 Å². The van der Waals surface area contributed by atoms with Gasteiger partial charge in [0.05, 0.1) is 17.2 Å². The summed E-state index contributed by atoms with van der Waals surface area (Å²) in [5.74, 6) is -7.90. The van der Waals surface area contributed by atoms with E-state index < -0.39 is 85.3 Å². The number of hydrogen-bond acceptors (Lipinski definition) is 11. The first-order chi connectivity index (χ1) is 16.8. The van der Waals surface area contributed by atoms with Crippen molar-refractivity contribution in [1.82, 2.24) is 4.90 Å². The average Bonchev–Trinajstić information content (AvgIpc) is 2.73. The predicted octanol–water partition coefficient (Wildman–Crippen LogP) is -1.62. The molecule has 0 aliphatic heterocycles. The zero-order chi connectivity index (χ0) is 28.4. The van der Waals surface area contributed by atoms with Crippen LogP contribution in [0.3, 0.4) is 0 Å². The number of ketones is 2. The molecule has 14 nitrogen and oxygen atoms in total. The molecule has 1 amide bonds. The fourth-order valence-corrected chi connectivity index (χ4v) is 5.50. The van der Waals surface area contributed by atoms with Gasteiger partial charge in [-0.1, -0.05) is 12.1 Å². The summed E-state index contributed by atoms with van der Waals surface area (Å²) in [4.78, 5) is 40.0. The van der Waals surface area contributed by atoms with Gasteiger partial charge < -0.3 is 31.3 Å². The molecule has 3 aliphatic carbocycles. The molecular weight excluding hydrogens is 514 g/mol. The van der Waals surface area contributed by atoms with Gasteiger partial charge in [0.25, 0.3) is 5.91 Å². The fraction of sp³-hybridized carbons (Fsp3) is 0.409. The van der Waals surface area contributed by atoms with Crippen LogP contribution < -0.4 is 10.9 Å². The Morgan fingerprint density at radius 1 is 1.14 bits per heavy atom. The van der Waals surface area contributed by atoms with Crippen LogP contribution in [0.2, 0.25) is 0 Å². The first-order valence-corrected chi connectivity index (χ1v) is 12.2. The molecule has 4 rings (SSSR count). The van der Waals surface area contributed by atoms with Crippen LogP contribution in [0.1, 0.15) is 24.5 Å². The van der Waals surface area contributed by atoms with E-state index in [9.17, 15) is 39.9 Å². The first kappa shape index (κ1) is 28.2. The van der Waals surface area contributed by atoms with Crippen LogP contribution in [0, 0.1) is 11.8 Å². The van der Waals surface area contributed by atoms with Crippen molar-refractivity contribution in [2.75, 3.05) is 14.1 Å². The normalized spacial score (nSPS) is 31.3. The molecule has 10 N–H and O–H groups in total. The number of likely N-dealkylation sites (N-methyl/N-ethyl adjacent to an activating group) is 1. The number of carbonyl (C=O) groups is 3. The van der Waals surface area contributed by atoms with E-state index in [-0.39, 0.29) is 17.5 Å². The van der Waals surface area contributed by atoms with E-state index in [1.54, 1.807) is 0 Å². The molecule has 0 spiro atoms. The third-order valence-electron chi connectivity index (χ3n) is 7.02. The highest BCUT2D eigenvalue weighted by molar-refractivity contribution is 7.83. The quantitative estimate of drug-likeness (QED) is 0.155. The van der Waals surface area contributed by atoms with Gasteiger partial charge in [-0.3, -0.25) is 23.8 Å². The van der Waals surface area contributed by atoms with Gasteiger partial charge in [-0.15, -0.1) is 0 Å². The molecule has 0 saturated heterocycles. The van der Waals surface area contributed by atoms with Gasteiger partial charge in [0, 0.05) is 17.4 Å². The number of rotatable bonds is 2. The summed E-state index contributed by atoms with van der Waals surface area (Å²) in [5, 5.41) is 58.8. The molecule has 1 saturated carbocycles. The number of fused-ring (bicyclic) bond motifs is 3. The zero-order valence-corrected chi connectivity index (χ0v) is 20.7. The number of Topliss-reactive ketones (excluding diaryl/α,β-unsaturated/α-hetero) is 2. The number of aromatic hydroxyl groups is 1. The summed E-state index contributed by atoms with van der Waals surface area (Å²) in [5.41, 5.74) is -0.548. The number of aliphatic hydroxyl groups excluding tert-OH is 2. The third kappa shape index (κ3) is 4.28. The molecule has 0 bridgehead atoms. The second-order valence-corrected chi connectivity index (χ2v) is 10.5. The molecule has 202 valence electrons. The Bertz CT molecular complexity index is 1370. The van der Waals surface area contributed by atoms with Crippen LogP contribution in [0.5, 0.6) is 5.75 Å². The second-order valence-electron chi connectivity index (χ2n) is 9.48. The van der Waals surface area contributed by atoms with E-state index in [0.29, 0.717) is 0 Å². The van der Waals surface area contributed by atoms with E-state index in [2.05, 4.69) is 5.14 Å². The van der Waals surface area contributed by atoms with Crippen LogP contribution in [-0.4, -0.2) is 86.6 Å². The number of amides is 1. The SMILES string of the molecule is CN(C)[C@@H]1C(=O)C(C(N)=O)=C(O)[C@@]2(O)C(=O)C3=C(O)c4c(O)cccc4[C@@](C)(O)[C@H]3C[C@@H]12.NS(=O)(=O)O. The van der Waals surface area contributed by atoms with Gasteiger partial charge in [-0.25, -0.2) is 5.14 Å². The zero-order valence-electron chi connectivity index (χ0n) is 19.9. The highest BCUT2D eigenvalue weighted by Crippen LogP contribution is 2.57. The highest BCUT2D eigenvalue weighted by atomic mass is 32.2. The molecule has 1 aromatic carbocycles. The number of nitrogens with two attached hydrogens (primary N) is 2. The van der Waals surface area contributed by atoms with Crippen LogP contribution in [0.25, 0.3) is 5.76 Å². The number of hydrogen-bond donors (Lipinski definition) is 8. The van der Waals surface area contributed by atoms with Crippen molar-refractivity contribution in [3.8, 4) is 5.75 Å². The largest absolute Gasteiger partial charge is 0.508 e. The van der Waals surface area contributed by atoms with Crippen LogP contribution >= 0.6 is 0 Å². The second kappa shape index (κ2) is 8.90. The fourth-order valence-electron chi connectivity index (χ4n) is 5.50. The molecule has 0 aromatic heterocycles. The topological polar surface area (TPSA) is 262 Å². The maximum atomic E-state index is 13.7. The number of aliphatic hydroxyl groups is 4. The van der Waals surface area contributed by atoms with E-state index in [0.717, 1.165) is 0 Å². The number of nitrogens with zero attached hydrogens (tertiary/aromatic N) is 1. The van der Waals surface area contributed by atoms with Crippen molar-refractivity contribution in [3.05, 3.63) is 46.2 Å². The number of phenolic OH excluding ortho intramolecular Hbond substituents is 1. The molecule has 1 fully saturated rings. The Balaban J connectivity index is 0.000000695. The molecule has 0 heterocycles. The van der Waals surface area contributed by atoms with Crippen LogP contribution in [-0.2, 0) is 30.3 Å². The monoisotopic (exact) mass is 541 g/mol. The van der Waals surface area contributed by atoms with Crippen LogP contribution in [0.4, 0.5) is 0 Å². The Kier molecular flexibility index (Phi) is 6.79. The average molecular weight is 542 g/mol. The van der Waals surface area contributed by atoms with Gasteiger partial charge in [0.15, 0.2) is 11.4 Å². The van der Waals surface area contributed by atoms with Crippen molar-refractivity contribution < 1.29 is 52.9 Å². The Labute approximate surface area is 211 Å². The molecule has 0 radical (unpaired) electrons. The minimum absolute atomic E-state index is 0.170. The Morgan fingerprint density at radius 2 is 1.68 bits per heavy atom. The van der Waals surface area contributed by atoms with Crippen molar-refractivity contribution in [1.29, 1.82) is 0 Å². The maximum Gasteiger partial charge on any atom is 0.330 e. The molecule has 0 unspecified atom stereocenters. The summed E-state index contributed by atoms with van der Waals surface area (Å²) < 4.78 is 25.2. The van der Waals surface area contributed by atoms with Gasteiger partial charge in [-0.05, 0) is 39.1 Å². The van der Waals surface area contributed by atoms with E-state index in [1.807, 2.05) is 0 Å². The number of phenols is 1. The lowest BCUT2D eigenvalue weighted by molar-refractivity contribution is -0.159. The molecule has 15 heteroatoms. The summed E-state index contributed by atoms with van der Waals surface area (Å²) >= 11 is 0. The Hall–Kier alpha value is -3.34.